The molecule has 0 aromatic heterocycles. The van der Waals surface area contributed by atoms with Gasteiger partial charge in [-0.1, -0.05) is 36.2 Å². The molecule has 1 aromatic rings. The number of benzene rings is 1. The van der Waals surface area contributed by atoms with Crippen LogP contribution in [0.5, 0.6) is 0 Å². The predicted molar refractivity (Wildman–Crippen MR) is 77.5 cm³/mol. The lowest BCUT2D eigenvalue weighted by molar-refractivity contribution is -0.143. The standard InChI is InChI=1S/C12H15Cl2NO4S/c1-3-15(8-11(16)19-4-2)20(17,18)10-7-5-6-9(13)12(10)14/h5-7H,3-4,8H2,1-2H3. The zero-order valence-corrected chi connectivity index (χ0v) is 13.4. The molecule has 0 aliphatic rings. The van der Waals surface area contributed by atoms with Crippen LogP contribution in [0.1, 0.15) is 13.8 Å². The van der Waals surface area contributed by atoms with Gasteiger partial charge in [0.15, 0.2) is 0 Å². The fourth-order valence-electron chi connectivity index (χ4n) is 1.54. The van der Waals surface area contributed by atoms with Gasteiger partial charge in [-0.2, -0.15) is 4.31 Å². The quantitative estimate of drug-likeness (QED) is 0.747. The van der Waals surface area contributed by atoms with E-state index >= 15 is 0 Å². The summed E-state index contributed by atoms with van der Waals surface area (Å²) >= 11 is 11.7. The number of ether oxygens (including phenoxy) is 1. The number of rotatable bonds is 6. The molecule has 1 rings (SSSR count). The van der Waals surface area contributed by atoms with E-state index in [1.165, 1.54) is 18.2 Å². The summed E-state index contributed by atoms with van der Waals surface area (Å²) < 4.78 is 30.6. The van der Waals surface area contributed by atoms with Crippen molar-refractivity contribution in [1.82, 2.24) is 4.31 Å². The average Bonchev–Trinajstić information content (AvgIpc) is 2.39. The fraction of sp³-hybridized carbons (Fsp3) is 0.417. The minimum atomic E-state index is -3.90. The van der Waals surface area contributed by atoms with Crippen LogP contribution in [0, 0.1) is 0 Å². The van der Waals surface area contributed by atoms with Crippen molar-refractivity contribution in [3.8, 4) is 0 Å². The zero-order valence-electron chi connectivity index (χ0n) is 11.1. The van der Waals surface area contributed by atoms with Crippen LogP contribution in [0.25, 0.3) is 0 Å². The number of hydrogen-bond donors (Lipinski definition) is 0. The molecule has 0 atom stereocenters. The van der Waals surface area contributed by atoms with E-state index in [4.69, 9.17) is 27.9 Å². The number of esters is 1. The monoisotopic (exact) mass is 339 g/mol. The second-order valence-electron chi connectivity index (χ2n) is 3.79. The van der Waals surface area contributed by atoms with Crippen LogP contribution in [0.3, 0.4) is 0 Å². The first kappa shape index (κ1) is 17.2. The molecular formula is C12H15Cl2NO4S. The van der Waals surface area contributed by atoms with Crippen LogP contribution < -0.4 is 0 Å². The minimum Gasteiger partial charge on any atom is -0.465 e. The maximum Gasteiger partial charge on any atom is 0.321 e. The predicted octanol–water partition coefficient (Wildman–Crippen LogP) is 2.57. The van der Waals surface area contributed by atoms with Gasteiger partial charge in [-0.25, -0.2) is 8.42 Å². The molecule has 0 amide bonds. The number of nitrogens with zero attached hydrogens (tertiary/aromatic N) is 1. The number of sulfonamides is 1. The van der Waals surface area contributed by atoms with Crippen molar-refractivity contribution in [3.63, 3.8) is 0 Å². The Morgan fingerprint density at radius 3 is 2.50 bits per heavy atom. The van der Waals surface area contributed by atoms with Gasteiger partial charge in [0.25, 0.3) is 0 Å². The Labute approximate surface area is 128 Å². The third-order valence-electron chi connectivity index (χ3n) is 2.50. The van der Waals surface area contributed by atoms with Crippen LogP contribution in [-0.2, 0) is 19.6 Å². The van der Waals surface area contributed by atoms with Gasteiger partial charge >= 0.3 is 5.97 Å². The summed E-state index contributed by atoms with van der Waals surface area (Å²) in [5.74, 6) is -0.615. The zero-order chi connectivity index (χ0) is 15.3. The van der Waals surface area contributed by atoms with E-state index in [1.807, 2.05) is 0 Å². The van der Waals surface area contributed by atoms with E-state index in [0.29, 0.717) is 0 Å². The number of carbonyl (C=O) groups excluding carboxylic acids is 1. The SMILES string of the molecule is CCOC(=O)CN(CC)S(=O)(=O)c1cccc(Cl)c1Cl. The highest BCUT2D eigenvalue weighted by Gasteiger charge is 2.28. The van der Waals surface area contributed by atoms with Crippen molar-refractivity contribution < 1.29 is 17.9 Å². The normalized spacial score (nSPS) is 11.7. The van der Waals surface area contributed by atoms with E-state index in [1.54, 1.807) is 13.8 Å². The molecule has 0 saturated heterocycles. The van der Waals surface area contributed by atoms with Gasteiger partial charge in [-0.05, 0) is 19.1 Å². The van der Waals surface area contributed by atoms with E-state index in [-0.39, 0.29) is 34.6 Å². The molecule has 8 heteroatoms. The largest absolute Gasteiger partial charge is 0.465 e. The maximum absolute atomic E-state index is 12.5. The average molecular weight is 340 g/mol. The van der Waals surface area contributed by atoms with Crippen LogP contribution in [-0.4, -0.2) is 38.4 Å². The molecule has 0 fully saturated rings. The Morgan fingerprint density at radius 2 is 1.95 bits per heavy atom. The summed E-state index contributed by atoms with van der Waals surface area (Å²) in [6.45, 7) is 3.21. The molecule has 0 saturated carbocycles. The van der Waals surface area contributed by atoms with Gasteiger partial charge in [0, 0.05) is 6.54 Å². The molecular weight excluding hydrogens is 325 g/mol. The van der Waals surface area contributed by atoms with Gasteiger partial charge in [0.05, 0.1) is 16.7 Å². The van der Waals surface area contributed by atoms with Crippen molar-refractivity contribution in [2.75, 3.05) is 19.7 Å². The number of halogens is 2. The Bertz CT molecular complexity index is 589. The molecule has 112 valence electrons. The van der Waals surface area contributed by atoms with E-state index < -0.39 is 16.0 Å². The van der Waals surface area contributed by atoms with E-state index in [2.05, 4.69) is 0 Å². The summed E-state index contributed by atoms with van der Waals surface area (Å²) in [6, 6.07) is 4.32. The Kier molecular flexibility index (Phi) is 6.26. The van der Waals surface area contributed by atoms with Crippen LogP contribution >= 0.6 is 23.2 Å². The molecule has 0 N–H and O–H groups in total. The molecule has 1 aromatic carbocycles. The van der Waals surface area contributed by atoms with Gasteiger partial charge in [-0.15, -0.1) is 0 Å². The van der Waals surface area contributed by atoms with E-state index in [0.717, 1.165) is 4.31 Å². The third kappa shape index (κ3) is 3.85. The smallest absolute Gasteiger partial charge is 0.321 e. The van der Waals surface area contributed by atoms with Crippen LogP contribution in [0.4, 0.5) is 0 Å². The molecule has 0 aliphatic carbocycles. The Hall–Kier alpha value is -0.820. The first-order valence-electron chi connectivity index (χ1n) is 5.94. The molecule has 0 aliphatic heterocycles. The second kappa shape index (κ2) is 7.26. The third-order valence-corrected chi connectivity index (χ3v) is 5.39. The lowest BCUT2D eigenvalue weighted by Crippen LogP contribution is -2.36. The van der Waals surface area contributed by atoms with Crippen molar-refractivity contribution in [1.29, 1.82) is 0 Å². The maximum atomic E-state index is 12.5. The molecule has 0 unspecified atom stereocenters. The van der Waals surface area contributed by atoms with Crippen LogP contribution in [0.2, 0.25) is 10.0 Å². The Balaban J connectivity index is 3.12. The van der Waals surface area contributed by atoms with Crippen molar-refractivity contribution in [2.24, 2.45) is 0 Å². The number of hydrogen-bond acceptors (Lipinski definition) is 4. The van der Waals surface area contributed by atoms with E-state index in [9.17, 15) is 13.2 Å². The first-order chi connectivity index (χ1) is 9.34. The number of likely N-dealkylation sites (N-methyl/N-ethyl adjacent to an activating group) is 1. The lowest BCUT2D eigenvalue weighted by atomic mass is 10.4. The molecule has 20 heavy (non-hydrogen) atoms. The highest BCUT2D eigenvalue weighted by Crippen LogP contribution is 2.30. The molecule has 0 bridgehead atoms. The number of carbonyl (C=O) groups is 1. The van der Waals surface area contributed by atoms with Crippen molar-refractivity contribution in [2.45, 2.75) is 18.7 Å². The molecule has 0 radical (unpaired) electrons. The van der Waals surface area contributed by atoms with Gasteiger partial charge in [0.1, 0.15) is 11.4 Å². The summed E-state index contributed by atoms with van der Waals surface area (Å²) in [7, 11) is -3.90. The van der Waals surface area contributed by atoms with Crippen molar-refractivity contribution >= 4 is 39.2 Å². The molecule has 0 heterocycles. The van der Waals surface area contributed by atoms with Gasteiger partial charge in [0.2, 0.25) is 10.0 Å². The molecule has 5 nitrogen and oxygen atoms in total. The molecule has 0 spiro atoms. The lowest BCUT2D eigenvalue weighted by Gasteiger charge is -2.20. The summed E-state index contributed by atoms with van der Waals surface area (Å²) in [5, 5.41) is 0.0800. The van der Waals surface area contributed by atoms with Crippen LogP contribution in [0.15, 0.2) is 23.1 Å². The highest BCUT2D eigenvalue weighted by molar-refractivity contribution is 7.89. The fourth-order valence-corrected chi connectivity index (χ4v) is 3.67. The summed E-state index contributed by atoms with van der Waals surface area (Å²) in [5.41, 5.74) is 0. The minimum absolute atomic E-state index is 0.0588. The second-order valence-corrected chi connectivity index (χ2v) is 6.48. The summed E-state index contributed by atoms with van der Waals surface area (Å²) in [6.07, 6.45) is 0. The highest BCUT2D eigenvalue weighted by atomic mass is 35.5. The first-order valence-corrected chi connectivity index (χ1v) is 8.14. The van der Waals surface area contributed by atoms with Gasteiger partial charge < -0.3 is 4.74 Å². The summed E-state index contributed by atoms with van der Waals surface area (Å²) in [4.78, 5) is 11.3. The Morgan fingerprint density at radius 1 is 1.30 bits per heavy atom. The van der Waals surface area contributed by atoms with Crippen molar-refractivity contribution in [3.05, 3.63) is 28.2 Å². The topological polar surface area (TPSA) is 63.7 Å². The van der Waals surface area contributed by atoms with Gasteiger partial charge in [-0.3, -0.25) is 4.79 Å².